The van der Waals surface area contributed by atoms with Crippen molar-refractivity contribution in [2.24, 2.45) is 5.10 Å². The van der Waals surface area contributed by atoms with Gasteiger partial charge in [0.25, 0.3) is 0 Å². The van der Waals surface area contributed by atoms with Gasteiger partial charge in [0.05, 0.1) is 24.9 Å². The lowest BCUT2D eigenvalue weighted by Gasteiger charge is -2.01. The Labute approximate surface area is 144 Å². The molecule has 0 aliphatic rings. The van der Waals surface area contributed by atoms with E-state index in [1.165, 1.54) is 11.3 Å². The number of halogens is 1. The second-order valence-electron chi connectivity index (χ2n) is 4.70. The van der Waals surface area contributed by atoms with Crippen molar-refractivity contribution in [2.45, 2.75) is 26.7 Å². The van der Waals surface area contributed by atoms with Crippen LogP contribution in [-0.4, -0.2) is 23.8 Å². The number of aromatic nitrogens is 1. The molecule has 1 aromatic heterocycles. The molecule has 0 amide bonds. The maximum atomic E-state index is 11.4. The van der Waals surface area contributed by atoms with Crippen molar-refractivity contribution in [2.75, 3.05) is 12.0 Å². The molecule has 23 heavy (non-hydrogen) atoms. The molecule has 0 fully saturated rings. The van der Waals surface area contributed by atoms with E-state index in [1.807, 2.05) is 23.6 Å². The highest BCUT2D eigenvalue weighted by Crippen LogP contribution is 2.18. The molecular formula is C16H18ClN3O2S. The number of hydrogen-bond donors (Lipinski definition) is 1. The van der Waals surface area contributed by atoms with E-state index in [9.17, 15) is 4.79 Å². The number of carbonyl (C=O) groups excluding carboxylic acids is 1. The van der Waals surface area contributed by atoms with Crippen LogP contribution in [0.15, 0.2) is 28.7 Å². The van der Waals surface area contributed by atoms with Gasteiger partial charge >= 0.3 is 5.97 Å². The molecule has 2 rings (SSSR count). The molecule has 5 nitrogen and oxygen atoms in total. The molecule has 0 spiro atoms. The van der Waals surface area contributed by atoms with Gasteiger partial charge in [-0.15, -0.1) is 11.3 Å². The standard InChI is InChI=1S/C16H18ClN3O2S/c1-3-12-7-11(5-6-14(12)17)9-18-20-16-19-13(10-23-16)8-15(21)22-4-2/h5-7,9-10H,3-4,8H2,1-2H3,(H,19,20). The van der Waals surface area contributed by atoms with Gasteiger partial charge in [0.1, 0.15) is 0 Å². The van der Waals surface area contributed by atoms with Gasteiger partial charge in [-0.3, -0.25) is 10.2 Å². The second-order valence-corrected chi connectivity index (χ2v) is 5.97. The van der Waals surface area contributed by atoms with E-state index in [0.29, 0.717) is 17.4 Å². The Morgan fingerprint density at radius 2 is 2.30 bits per heavy atom. The maximum absolute atomic E-state index is 11.4. The normalized spacial score (nSPS) is 10.9. The number of benzene rings is 1. The molecule has 7 heteroatoms. The number of rotatable bonds is 7. The Morgan fingerprint density at radius 3 is 3.04 bits per heavy atom. The Balaban J connectivity index is 1.93. The van der Waals surface area contributed by atoms with Crippen LogP contribution in [0.5, 0.6) is 0 Å². The average Bonchev–Trinajstić information content (AvgIpc) is 2.96. The first-order chi connectivity index (χ1) is 11.1. The highest BCUT2D eigenvalue weighted by atomic mass is 35.5. The van der Waals surface area contributed by atoms with Crippen LogP contribution in [0.3, 0.4) is 0 Å². The smallest absolute Gasteiger partial charge is 0.311 e. The predicted octanol–water partition coefficient (Wildman–Crippen LogP) is 3.91. The van der Waals surface area contributed by atoms with Gasteiger partial charge in [0, 0.05) is 10.4 Å². The number of hydrazone groups is 1. The highest BCUT2D eigenvalue weighted by Gasteiger charge is 2.07. The van der Waals surface area contributed by atoms with Crippen molar-refractivity contribution in [3.63, 3.8) is 0 Å². The summed E-state index contributed by atoms with van der Waals surface area (Å²) in [6, 6.07) is 5.77. The summed E-state index contributed by atoms with van der Waals surface area (Å²) in [6.45, 7) is 4.21. The van der Waals surface area contributed by atoms with Gasteiger partial charge in [0.15, 0.2) is 0 Å². The first-order valence-electron chi connectivity index (χ1n) is 7.30. The summed E-state index contributed by atoms with van der Waals surface area (Å²) in [5, 5.41) is 7.37. The number of anilines is 1. The molecule has 2 aromatic rings. The minimum Gasteiger partial charge on any atom is -0.466 e. The van der Waals surface area contributed by atoms with E-state index < -0.39 is 0 Å². The van der Waals surface area contributed by atoms with E-state index in [0.717, 1.165) is 22.6 Å². The summed E-state index contributed by atoms with van der Waals surface area (Å²) in [5.41, 5.74) is 5.58. The molecule has 1 N–H and O–H groups in total. The van der Waals surface area contributed by atoms with E-state index in [-0.39, 0.29) is 12.4 Å². The van der Waals surface area contributed by atoms with E-state index in [4.69, 9.17) is 16.3 Å². The fraction of sp³-hybridized carbons (Fsp3) is 0.312. The SMILES string of the molecule is CCOC(=O)Cc1csc(NN=Cc2ccc(Cl)c(CC)c2)n1. The summed E-state index contributed by atoms with van der Waals surface area (Å²) in [5.74, 6) is -0.277. The van der Waals surface area contributed by atoms with Crippen LogP contribution in [0.1, 0.15) is 30.7 Å². The van der Waals surface area contributed by atoms with Crippen LogP contribution in [-0.2, 0) is 22.4 Å². The Bertz CT molecular complexity index is 700. The average molecular weight is 352 g/mol. The number of ether oxygens (including phenoxy) is 1. The quantitative estimate of drug-likeness (QED) is 0.466. The van der Waals surface area contributed by atoms with Gasteiger partial charge in [-0.25, -0.2) is 4.98 Å². The zero-order chi connectivity index (χ0) is 16.7. The number of carbonyl (C=O) groups is 1. The molecule has 0 atom stereocenters. The van der Waals surface area contributed by atoms with E-state index >= 15 is 0 Å². The third kappa shape index (κ3) is 5.33. The molecule has 0 aliphatic heterocycles. The first-order valence-corrected chi connectivity index (χ1v) is 8.55. The van der Waals surface area contributed by atoms with Crippen LogP contribution < -0.4 is 5.43 Å². The Morgan fingerprint density at radius 1 is 1.48 bits per heavy atom. The van der Waals surface area contributed by atoms with Gasteiger partial charge in [-0.1, -0.05) is 24.6 Å². The van der Waals surface area contributed by atoms with Crippen LogP contribution in [0.2, 0.25) is 5.02 Å². The lowest BCUT2D eigenvalue weighted by Crippen LogP contribution is -2.07. The fourth-order valence-electron chi connectivity index (χ4n) is 1.91. The molecular weight excluding hydrogens is 334 g/mol. The first kappa shape index (κ1) is 17.4. The summed E-state index contributed by atoms with van der Waals surface area (Å²) in [6.07, 6.45) is 2.76. The van der Waals surface area contributed by atoms with Gasteiger partial charge in [-0.2, -0.15) is 5.10 Å². The third-order valence-corrected chi connectivity index (χ3v) is 4.17. The lowest BCUT2D eigenvalue weighted by molar-refractivity contribution is -0.142. The maximum Gasteiger partial charge on any atom is 0.311 e. The zero-order valence-corrected chi connectivity index (χ0v) is 14.6. The molecule has 0 bridgehead atoms. The summed E-state index contributed by atoms with van der Waals surface area (Å²) in [4.78, 5) is 15.7. The number of esters is 1. The topological polar surface area (TPSA) is 63.6 Å². The fourth-order valence-corrected chi connectivity index (χ4v) is 2.82. The summed E-state index contributed by atoms with van der Waals surface area (Å²) >= 11 is 7.48. The molecule has 0 saturated carbocycles. The van der Waals surface area contributed by atoms with Crippen molar-refractivity contribution in [1.29, 1.82) is 0 Å². The zero-order valence-electron chi connectivity index (χ0n) is 13.0. The molecule has 1 heterocycles. The van der Waals surface area contributed by atoms with Crippen LogP contribution in [0.25, 0.3) is 0 Å². The molecule has 122 valence electrons. The van der Waals surface area contributed by atoms with E-state index in [1.54, 1.807) is 13.1 Å². The van der Waals surface area contributed by atoms with Crippen LogP contribution in [0.4, 0.5) is 5.13 Å². The van der Waals surface area contributed by atoms with Crippen molar-refractivity contribution in [3.05, 3.63) is 45.4 Å². The van der Waals surface area contributed by atoms with Crippen molar-refractivity contribution in [3.8, 4) is 0 Å². The van der Waals surface area contributed by atoms with Crippen LogP contribution in [0, 0.1) is 0 Å². The number of thiazole rings is 1. The minimum absolute atomic E-state index is 0.173. The van der Waals surface area contributed by atoms with Gasteiger partial charge < -0.3 is 4.74 Å². The molecule has 0 unspecified atom stereocenters. The molecule has 0 radical (unpaired) electrons. The second kappa shape index (κ2) is 8.64. The third-order valence-electron chi connectivity index (χ3n) is 3.01. The highest BCUT2D eigenvalue weighted by molar-refractivity contribution is 7.13. The Hall–Kier alpha value is -1.92. The summed E-state index contributed by atoms with van der Waals surface area (Å²) in [7, 11) is 0. The Kier molecular flexibility index (Phi) is 6.55. The molecule has 0 saturated heterocycles. The van der Waals surface area contributed by atoms with Crippen molar-refractivity contribution < 1.29 is 9.53 Å². The monoisotopic (exact) mass is 351 g/mol. The molecule has 1 aromatic carbocycles. The van der Waals surface area contributed by atoms with E-state index in [2.05, 4.69) is 22.4 Å². The number of nitrogens with one attached hydrogen (secondary N) is 1. The largest absolute Gasteiger partial charge is 0.466 e. The number of aryl methyl sites for hydroxylation is 1. The predicted molar refractivity (Wildman–Crippen MR) is 94.5 cm³/mol. The van der Waals surface area contributed by atoms with Gasteiger partial charge in [0.2, 0.25) is 5.13 Å². The minimum atomic E-state index is -0.277. The van der Waals surface area contributed by atoms with Crippen molar-refractivity contribution >= 4 is 40.3 Å². The number of hydrogen-bond acceptors (Lipinski definition) is 6. The number of nitrogens with zero attached hydrogens (tertiary/aromatic N) is 2. The molecule has 0 aliphatic carbocycles. The lowest BCUT2D eigenvalue weighted by atomic mass is 10.1. The van der Waals surface area contributed by atoms with Crippen molar-refractivity contribution in [1.82, 2.24) is 4.98 Å². The summed E-state index contributed by atoms with van der Waals surface area (Å²) < 4.78 is 4.89. The van der Waals surface area contributed by atoms with Gasteiger partial charge in [-0.05, 0) is 36.6 Å². The van der Waals surface area contributed by atoms with Crippen LogP contribution >= 0.6 is 22.9 Å².